The summed E-state index contributed by atoms with van der Waals surface area (Å²) in [4.78, 5) is 23.5. The van der Waals surface area contributed by atoms with E-state index in [0.717, 1.165) is 103 Å². The first kappa shape index (κ1) is 54.6. The van der Waals surface area contributed by atoms with Crippen LogP contribution in [0.1, 0.15) is 103 Å². The Morgan fingerprint density at radius 3 is 1.22 bits per heavy atom. The highest BCUT2D eigenvalue weighted by atomic mass is 32.1. The molecule has 0 unspecified atom stereocenters. The molecule has 432 valence electrons. The Hall–Kier alpha value is -8.83. The highest BCUT2D eigenvalue weighted by Crippen LogP contribution is 2.53. The van der Waals surface area contributed by atoms with Crippen LogP contribution in [0.4, 0.5) is 68.5 Å². The third-order valence-electron chi connectivity index (χ3n) is 18.8. The largest absolute Gasteiger partial charge is 0.440 e. The number of pyridine rings is 2. The van der Waals surface area contributed by atoms with Crippen molar-refractivity contribution in [1.82, 2.24) is 9.97 Å². The van der Waals surface area contributed by atoms with E-state index >= 15 is 0 Å². The molecule has 7 aromatic carbocycles. The van der Waals surface area contributed by atoms with Crippen molar-refractivity contribution in [3.8, 4) is 23.3 Å². The highest BCUT2D eigenvalue weighted by molar-refractivity contribution is 7.30. The fourth-order valence-corrected chi connectivity index (χ4v) is 16.8. The van der Waals surface area contributed by atoms with Crippen LogP contribution in [0.25, 0.3) is 0 Å². The lowest BCUT2D eigenvalue weighted by atomic mass is 9.34. The Bertz CT molecular complexity index is 4500. The van der Waals surface area contributed by atoms with Crippen LogP contribution in [0.15, 0.2) is 206 Å². The molecule has 1 aliphatic carbocycles. The third-order valence-corrected chi connectivity index (χ3v) is 22.0. The second-order valence-electron chi connectivity index (χ2n) is 27.7. The van der Waals surface area contributed by atoms with Gasteiger partial charge in [0.25, 0.3) is 13.4 Å². The lowest BCUT2D eigenvalue weighted by Crippen LogP contribution is -2.62. The number of hydrogen-bond acceptors (Lipinski definition) is 10. The summed E-state index contributed by atoms with van der Waals surface area (Å²) in [6.07, 6.45) is 2.26. The SMILES string of the molecule is CC(C)(C)c1cc2c(s1)B1c3cc4c(cc3Oc3nc(N(c5ccccc5)c5ccccc5)cc(c31)N2c1ccccc1)Oc1nc(N(c2ccccc2)c2ccccc2)cc2c1B4c1sc(C(C)(C)C)cc1N2c1ccc2c(c1)C(C)(C)CCC2(C)C. The van der Waals surface area contributed by atoms with Crippen molar-refractivity contribution in [3.63, 3.8) is 0 Å². The molecule has 0 spiro atoms. The predicted molar refractivity (Wildman–Crippen MR) is 372 cm³/mol. The number of nitrogens with zero attached hydrogens (tertiary/aromatic N) is 6. The number of para-hydroxylation sites is 5. The Labute approximate surface area is 525 Å². The van der Waals surface area contributed by atoms with Crippen molar-refractivity contribution in [3.05, 3.63) is 227 Å². The molecular weight excluding hydrogens is 1110 g/mol. The van der Waals surface area contributed by atoms with Gasteiger partial charge in [0.1, 0.15) is 23.1 Å². The lowest BCUT2D eigenvalue weighted by molar-refractivity contribution is 0.332. The first-order valence-electron chi connectivity index (χ1n) is 30.9. The van der Waals surface area contributed by atoms with Gasteiger partial charge in [-0.25, -0.2) is 0 Å². The van der Waals surface area contributed by atoms with Crippen molar-refractivity contribution < 1.29 is 9.47 Å². The molecule has 4 aromatic heterocycles. The molecule has 16 rings (SSSR count). The molecule has 0 bridgehead atoms. The van der Waals surface area contributed by atoms with Crippen molar-refractivity contribution in [2.45, 2.75) is 104 Å². The molecule has 12 heteroatoms. The number of benzene rings is 7. The Kier molecular flexibility index (Phi) is 12.3. The standard InChI is InChI=1S/C76H68B2N6O2S2/c1-73(2,3)63-42-59-69(87-63)77-55-41-56-62(46-61(55)85-71-67(77)57(83(59)51-34-24-15-25-35-51)44-65(79-71)81(47-26-16-11-17-27-47)48-28-18-12-19-29-48)86-72-68-58(45-66(80-72)82(49-30-20-13-21-31-49)50-32-22-14-23-33-50)84(60-43-64(74(4,5)6)88-70(60)78(56)68)52-36-37-53-54(40-52)76(9,10)39-38-75(53,7)8/h11-37,40-46H,38-39H2,1-10H3. The van der Waals surface area contributed by atoms with E-state index in [1.807, 2.05) is 22.7 Å². The molecule has 0 fully saturated rings. The molecule has 11 aromatic rings. The van der Waals surface area contributed by atoms with Crippen LogP contribution < -0.4 is 60.5 Å². The maximum atomic E-state index is 7.57. The van der Waals surface area contributed by atoms with Gasteiger partial charge in [-0.2, -0.15) is 32.6 Å². The summed E-state index contributed by atoms with van der Waals surface area (Å²) in [7, 11) is 0. The summed E-state index contributed by atoms with van der Waals surface area (Å²) in [5.74, 6) is 4.09. The minimum absolute atomic E-state index is 0.0112. The second-order valence-corrected chi connectivity index (χ2v) is 29.8. The van der Waals surface area contributed by atoms with Gasteiger partial charge >= 0.3 is 0 Å². The van der Waals surface area contributed by atoms with Crippen LogP contribution in [0.3, 0.4) is 0 Å². The highest BCUT2D eigenvalue weighted by Gasteiger charge is 2.50. The smallest absolute Gasteiger partial charge is 0.271 e. The zero-order valence-electron chi connectivity index (χ0n) is 51.5. The number of rotatable bonds is 8. The van der Waals surface area contributed by atoms with Gasteiger partial charge in [0, 0.05) is 82.6 Å². The van der Waals surface area contributed by atoms with Crippen molar-refractivity contribution in [1.29, 1.82) is 0 Å². The zero-order chi connectivity index (χ0) is 60.2. The van der Waals surface area contributed by atoms with Crippen molar-refractivity contribution in [2.75, 3.05) is 19.6 Å². The first-order valence-corrected chi connectivity index (χ1v) is 32.5. The summed E-state index contributed by atoms with van der Waals surface area (Å²) in [6, 6.07) is 74.5. The number of thiophene rings is 2. The van der Waals surface area contributed by atoms with Gasteiger partial charge in [0.05, 0.1) is 22.7 Å². The van der Waals surface area contributed by atoms with Gasteiger partial charge < -0.3 is 19.3 Å². The number of fused-ring (bicyclic) bond motifs is 9. The molecule has 8 heterocycles. The molecule has 0 saturated heterocycles. The topological polar surface area (TPSA) is 57.2 Å². The van der Waals surface area contributed by atoms with Crippen LogP contribution in [0, 0.1) is 0 Å². The van der Waals surface area contributed by atoms with Gasteiger partial charge in [-0.15, -0.1) is 0 Å². The van der Waals surface area contributed by atoms with Gasteiger partial charge in [-0.05, 0) is 141 Å². The van der Waals surface area contributed by atoms with Crippen LogP contribution in [0.2, 0.25) is 0 Å². The van der Waals surface area contributed by atoms with Crippen LogP contribution in [-0.2, 0) is 21.7 Å². The van der Waals surface area contributed by atoms with E-state index in [0.29, 0.717) is 11.8 Å². The molecule has 0 radical (unpaired) electrons. The second kappa shape index (κ2) is 19.8. The summed E-state index contributed by atoms with van der Waals surface area (Å²) in [5, 5.41) is 0. The quantitative estimate of drug-likeness (QED) is 0.140. The lowest BCUT2D eigenvalue weighted by Gasteiger charge is -2.43. The average molecular weight is 1180 g/mol. The van der Waals surface area contributed by atoms with Crippen LogP contribution in [-0.4, -0.2) is 23.4 Å². The third kappa shape index (κ3) is 8.68. The molecule has 5 aliphatic rings. The molecule has 0 N–H and O–H groups in total. The van der Waals surface area contributed by atoms with Crippen LogP contribution >= 0.6 is 22.7 Å². The van der Waals surface area contributed by atoms with E-state index < -0.39 is 0 Å². The number of aromatic nitrogens is 2. The Morgan fingerprint density at radius 2 is 0.807 bits per heavy atom. The van der Waals surface area contributed by atoms with E-state index in [4.69, 9.17) is 19.4 Å². The summed E-state index contributed by atoms with van der Waals surface area (Å²) in [6.45, 7) is 23.3. The van der Waals surface area contributed by atoms with Crippen molar-refractivity contribution >= 4 is 136 Å². The van der Waals surface area contributed by atoms with Gasteiger partial charge in [-0.3, -0.25) is 9.80 Å². The number of anilines is 12. The molecule has 0 amide bonds. The molecule has 4 aliphatic heterocycles. The summed E-state index contributed by atoms with van der Waals surface area (Å²) in [5.41, 5.74) is 17.5. The first-order chi connectivity index (χ1) is 42.4. The minimum atomic E-state index is -0.230. The van der Waals surface area contributed by atoms with Gasteiger partial charge in [0.15, 0.2) is 0 Å². The van der Waals surface area contributed by atoms with Crippen molar-refractivity contribution in [2.24, 2.45) is 0 Å². The Morgan fingerprint density at radius 1 is 0.420 bits per heavy atom. The van der Waals surface area contributed by atoms with E-state index in [2.05, 4.69) is 295 Å². The fraction of sp³-hybridized carbons (Fsp3) is 0.211. The van der Waals surface area contributed by atoms with E-state index in [-0.39, 0.29) is 35.1 Å². The maximum Gasteiger partial charge on any atom is 0.271 e. The molecule has 0 atom stereocenters. The van der Waals surface area contributed by atoms with E-state index in [9.17, 15) is 0 Å². The molecular formula is C76H68B2N6O2S2. The van der Waals surface area contributed by atoms with Gasteiger partial charge in [0.2, 0.25) is 11.8 Å². The maximum absolute atomic E-state index is 7.57. The molecule has 8 nitrogen and oxygen atoms in total. The number of ether oxygens (including phenoxy) is 2. The molecule has 88 heavy (non-hydrogen) atoms. The number of hydrogen-bond donors (Lipinski definition) is 0. The monoisotopic (exact) mass is 1180 g/mol. The average Bonchev–Trinajstić information content (AvgIpc) is 1.20. The summed E-state index contributed by atoms with van der Waals surface area (Å²) < 4.78 is 17.6. The fourth-order valence-electron chi connectivity index (χ4n) is 14.1. The van der Waals surface area contributed by atoms with Crippen LogP contribution in [0.5, 0.6) is 23.3 Å². The predicted octanol–water partition coefficient (Wildman–Crippen LogP) is 17.3. The zero-order valence-corrected chi connectivity index (χ0v) is 53.1. The normalized spacial score (nSPS) is 15.3. The van der Waals surface area contributed by atoms with E-state index in [1.165, 1.54) is 41.8 Å². The molecule has 0 saturated carbocycles. The van der Waals surface area contributed by atoms with E-state index in [1.54, 1.807) is 0 Å². The van der Waals surface area contributed by atoms with Gasteiger partial charge in [-0.1, -0.05) is 172 Å². The Balaban J connectivity index is 0.959. The summed E-state index contributed by atoms with van der Waals surface area (Å²) >= 11 is 3.84. The minimum Gasteiger partial charge on any atom is -0.440 e.